The first-order valence-electron chi connectivity index (χ1n) is 12.3. The number of benzene rings is 1. The summed E-state index contributed by atoms with van der Waals surface area (Å²) in [6.45, 7) is 4.16. The molecule has 0 saturated heterocycles. The number of thioether (sulfide) groups is 1. The number of hydrogen-bond donors (Lipinski definition) is 0. The van der Waals surface area contributed by atoms with E-state index in [9.17, 15) is 4.79 Å². The van der Waals surface area contributed by atoms with Gasteiger partial charge in [0.15, 0.2) is 0 Å². The highest BCUT2D eigenvalue weighted by atomic mass is 32.2. The van der Waals surface area contributed by atoms with Crippen LogP contribution in [-0.2, 0) is 4.79 Å². The highest BCUT2D eigenvalue weighted by molar-refractivity contribution is 7.99. The third-order valence-electron chi connectivity index (χ3n) is 7.02. The highest BCUT2D eigenvalue weighted by Gasteiger charge is 2.45. The van der Waals surface area contributed by atoms with Crippen molar-refractivity contribution in [2.45, 2.75) is 44.2 Å². The third-order valence-corrected chi connectivity index (χ3v) is 7.92. The lowest BCUT2D eigenvalue weighted by Crippen LogP contribution is -2.32. The van der Waals surface area contributed by atoms with E-state index in [0.717, 1.165) is 69.1 Å². The normalized spacial score (nSPS) is 20.7. The van der Waals surface area contributed by atoms with Gasteiger partial charge in [0.2, 0.25) is 0 Å². The molecule has 36 heavy (non-hydrogen) atoms. The molecule has 1 aliphatic carbocycles. The van der Waals surface area contributed by atoms with Crippen molar-refractivity contribution in [3.63, 3.8) is 0 Å². The number of aryl methyl sites for hydroxylation is 2. The van der Waals surface area contributed by atoms with Crippen LogP contribution >= 0.6 is 11.8 Å². The zero-order chi connectivity index (χ0) is 24.6. The molecule has 1 amide bonds. The molecule has 1 aliphatic heterocycles. The van der Waals surface area contributed by atoms with Gasteiger partial charge in [-0.2, -0.15) is 5.10 Å². The highest BCUT2D eigenvalue weighted by Crippen LogP contribution is 2.44. The summed E-state index contributed by atoms with van der Waals surface area (Å²) in [7, 11) is 0. The molecule has 0 bridgehead atoms. The van der Waals surface area contributed by atoms with E-state index >= 15 is 0 Å². The van der Waals surface area contributed by atoms with Crippen LogP contribution in [0.25, 0.3) is 17.0 Å². The Morgan fingerprint density at radius 2 is 1.97 bits per heavy atom. The number of carbonyl (C=O) groups is 1. The second-order valence-electron chi connectivity index (χ2n) is 9.40. The zero-order valence-corrected chi connectivity index (χ0v) is 21.1. The van der Waals surface area contributed by atoms with Gasteiger partial charge < -0.3 is 8.83 Å². The second kappa shape index (κ2) is 9.47. The SMILES string of the molecule is Cc1cc(SCC(=O)N2N=C3/C(=C\c4ccco4)CCC[C@H]3[C@@H]2c2ccco2)nc2c(C)cccc12. The summed E-state index contributed by atoms with van der Waals surface area (Å²) in [4.78, 5) is 18.4. The average molecular weight is 498 g/mol. The minimum Gasteiger partial charge on any atom is -0.467 e. The van der Waals surface area contributed by atoms with Crippen LogP contribution in [0.15, 0.2) is 85.6 Å². The molecule has 7 heteroatoms. The van der Waals surface area contributed by atoms with Crippen LogP contribution in [-0.4, -0.2) is 27.4 Å². The van der Waals surface area contributed by atoms with Crippen molar-refractivity contribution in [3.05, 3.63) is 89.3 Å². The van der Waals surface area contributed by atoms with E-state index in [4.69, 9.17) is 18.9 Å². The van der Waals surface area contributed by atoms with Crippen LogP contribution in [0.2, 0.25) is 0 Å². The summed E-state index contributed by atoms with van der Waals surface area (Å²) >= 11 is 1.46. The molecule has 1 aromatic carbocycles. The quantitative estimate of drug-likeness (QED) is 0.279. The number of aromatic nitrogens is 1. The van der Waals surface area contributed by atoms with Crippen LogP contribution in [0, 0.1) is 19.8 Å². The van der Waals surface area contributed by atoms with Crippen molar-refractivity contribution >= 4 is 40.4 Å². The Hall–Kier alpha value is -3.58. The number of rotatable bonds is 5. The van der Waals surface area contributed by atoms with Crippen LogP contribution in [0.1, 0.15) is 48.0 Å². The van der Waals surface area contributed by atoms with E-state index in [-0.39, 0.29) is 23.6 Å². The maximum absolute atomic E-state index is 13.6. The van der Waals surface area contributed by atoms with Gasteiger partial charge in [0, 0.05) is 11.3 Å². The third kappa shape index (κ3) is 4.17. The average Bonchev–Trinajstić information content (AvgIpc) is 3.64. The van der Waals surface area contributed by atoms with Crippen molar-refractivity contribution in [3.8, 4) is 0 Å². The van der Waals surface area contributed by atoms with Crippen molar-refractivity contribution in [2.24, 2.45) is 11.0 Å². The zero-order valence-electron chi connectivity index (χ0n) is 20.3. The summed E-state index contributed by atoms with van der Waals surface area (Å²) in [5.41, 5.74) is 5.37. The summed E-state index contributed by atoms with van der Waals surface area (Å²) in [5, 5.41) is 8.54. The largest absolute Gasteiger partial charge is 0.467 e. The molecule has 0 N–H and O–H groups in total. The van der Waals surface area contributed by atoms with Crippen LogP contribution in [0.5, 0.6) is 0 Å². The number of nitrogens with zero attached hydrogens (tertiary/aromatic N) is 3. The van der Waals surface area contributed by atoms with Gasteiger partial charge in [0.05, 0.1) is 34.5 Å². The molecule has 3 aromatic heterocycles. The second-order valence-corrected chi connectivity index (χ2v) is 10.4. The smallest absolute Gasteiger partial charge is 0.253 e. The minimum atomic E-state index is -0.239. The fourth-order valence-corrected chi connectivity index (χ4v) is 6.12. The molecule has 0 spiro atoms. The van der Waals surface area contributed by atoms with E-state index < -0.39 is 0 Å². The van der Waals surface area contributed by atoms with Crippen LogP contribution in [0.4, 0.5) is 0 Å². The Morgan fingerprint density at radius 1 is 1.11 bits per heavy atom. The van der Waals surface area contributed by atoms with Gasteiger partial charge >= 0.3 is 0 Å². The van der Waals surface area contributed by atoms with E-state index in [2.05, 4.69) is 44.2 Å². The topological polar surface area (TPSA) is 71.8 Å². The lowest BCUT2D eigenvalue weighted by Gasteiger charge is -2.27. The van der Waals surface area contributed by atoms with E-state index in [0.29, 0.717) is 0 Å². The molecule has 2 aliphatic rings. The molecular weight excluding hydrogens is 470 g/mol. The van der Waals surface area contributed by atoms with Crippen LogP contribution < -0.4 is 0 Å². The predicted octanol–water partition coefficient (Wildman–Crippen LogP) is 6.95. The van der Waals surface area contributed by atoms with E-state index in [1.54, 1.807) is 17.5 Å². The van der Waals surface area contributed by atoms with Gasteiger partial charge in [-0.25, -0.2) is 9.99 Å². The van der Waals surface area contributed by atoms with Gasteiger partial charge in [-0.15, -0.1) is 0 Å². The van der Waals surface area contributed by atoms with Crippen LogP contribution in [0.3, 0.4) is 0 Å². The van der Waals surface area contributed by atoms with Gasteiger partial charge in [0.1, 0.15) is 17.6 Å². The Balaban J connectivity index is 1.29. The lowest BCUT2D eigenvalue weighted by molar-refractivity contribution is -0.131. The first kappa shape index (κ1) is 22.9. The lowest BCUT2D eigenvalue weighted by atomic mass is 9.79. The van der Waals surface area contributed by atoms with E-state index in [1.165, 1.54) is 11.8 Å². The Kier molecular flexibility index (Phi) is 6.01. The summed E-state index contributed by atoms with van der Waals surface area (Å²) in [6.07, 6.45) is 8.29. The van der Waals surface area contributed by atoms with Gasteiger partial charge in [-0.05, 0) is 86.2 Å². The van der Waals surface area contributed by atoms with Crippen molar-refractivity contribution in [1.82, 2.24) is 9.99 Å². The summed E-state index contributed by atoms with van der Waals surface area (Å²) < 4.78 is 11.4. The molecule has 0 unspecified atom stereocenters. The number of allylic oxidation sites excluding steroid dienone is 1. The van der Waals surface area contributed by atoms with E-state index in [1.807, 2.05) is 24.3 Å². The summed E-state index contributed by atoms with van der Waals surface area (Å²) in [6, 6.07) is 15.7. The van der Waals surface area contributed by atoms with Crippen molar-refractivity contribution in [2.75, 3.05) is 5.75 Å². The Bertz CT molecular complexity index is 1470. The molecule has 2 atom stereocenters. The number of pyridine rings is 1. The molecule has 1 fully saturated rings. The number of hydrogen-bond acceptors (Lipinski definition) is 6. The number of furan rings is 2. The molecule has 4 aromatic rings. The molecule has 6 rings (SSSR count). The molecule has 182 valence electrons. The van der Waals surface area contributed by atoms with Crippen molar-refractivity contribution in [1.29, 1.82) is 0 Å². The van der Waals surface area contributed by atoms with Crippen molar-refractivity contribution < 1.29 is 13.6 Å². The number of carbonyl (C=O) groups excluding carboxylic acids is 1. The number of hydrazone groups is 1. The fraction of sp³-hybridized carbons (Fsp3) is 0.276. The number of amides is 1. The standard InChI is InChI=1S/C29H27N3O3S/c1-18-7-3-10-22-19(2)15-25(30-27(18)22)36-17-26(33)32-29(24-12-6-14-35-24)23-11-4-8-20(28(23)31-32)16-21-9-5-13-34-21/h3,5-7,9-10,12-16,23,29H,4,8,11,17H2,1-2H3/b20-16-/t23-,29-/m1/s1. The summed E-state index contributed by atoms with van der Waals surface area (Å²) in [5.74, 6) is 1.87. The molecule has 6 nitrogen and oxygen atoms in total. The first-order chi connectivity index (χ1) is 17.6. The fourth-order valence-electron chi connectivity index (χ4n) is 5.30. The monoisotopic (exact) mass is 497 g/mol. The molecule has 1 saturated carbocycles. The number of para-hydroxylation sites is 1. The van der Waals surface area contributed by atoms with Gasteiger partial charge in [-0.3, -0.25) is 4.79 Å². The predicted molar refractivity (Wildman–Crippen MR) is 142 cm³/mol. The maximum Gasteiger partial charge on any atom is 0.253 e. The first-order valence-corrected chi connectivity index (χ1v) is 13.3. The molecule has 4 heterocycles. The number of fused-ring (bicyclic) bond motifs is 2. The minimum absolute atomic E-state index is 0.0509. The molecular formula is C29H27N3O3S. The Labute approximate surface area is 214 Å². The maximum atomic E-state index is 13.6. The molecule has 0 radical (unpaired) electrons. The van der Waals surface area contributed by atoms with Gasteiger partial charge in [0.25, 0.3) is 5.91 Å². The Morgan fingerprint density at radius 3 is 2.78 bits per heavy atom. The van der Waals surface area contributed by atoms with Gasteiger partial charge in [-0.1, -0.05) is 30.0 Å².